The number of piperazine rings is 1. The molecular weight excluding hydrogens is 352 g/mol. The molecule has 0 atom stereocenters. The Hall–Kier alpha value is -2.45. The van der Waals surface area contributed by atoms with Crippen LogP contribution < -0.4 is 10.1 Å². The number of nitrogens with zero attached hydrogens (tertiary/aromatic N) is 3. The number of methoxy groups -OCH3 is 1. The molecule has 0 aliphatic carbocycles. The molecular formula is C18H22N4O3S. The van der Waals surface area contributed by atoms with Gasteiger partial charge in [0.25, 0.3) is 11.8 Å². The van der Waals surface area contributed by atoms with E-state index in [1.807, 2.05) is 11.9 Å². The van der Waals surface area contributed by atoms with Crippen molar-refractivity contribution >= 4 is 28.8 Å². The molecule has 2 aromatic rings. The van der Waals surface area contributed by atoms with Gasteiger partial charge in [-0.2, -0.15) is 0 Å². The lowest BCUT2D eigenvalue weighted by Gasteiger charge is -2.32. The average Bonchev–Trinajstić information content (AvgIpc) is 3.08. The standard InChI is InChI=1S/C18H22N4O3S/c1-12-16(26-11-19-12)17(23)20-14-10-13(4-5-15(14)25-3)18(24)22-8-6-21(2)7-9-22/h4-5,10-11H,6-9H2,1-3H3,(H,20,23). The molecule has 0 bridgehead atoms. The number of benzene rings is 1. The van der Waals surface area contributed by atoms with Crippen molar-refractivity contribution in [2.45, 2.75) is 6.92 Å². The third-order valence-electron chi connectivity index (χ3n) is 4.44. The first-order valence-electron chi connectivity index (χ1n) is 8.37. The van der Waals surface area contributed by atoms with Crippen LogP contribution in [0.5, 0.6) is 5.75 Å². The predicted octanol–water partition coefficient (Wildman–Crippen LogP) is 2.10. The van der Waals surface area contributed by atoms with Gasteiger partial charge in [-0.05, 0) is 32.2 Å². The highest BCUT2D eigenvalue weighted by atomic mass is 32.1. The van der Waals surface area contributed by atoms with Crippen LogP contribution in [0.25, 0.3) is 0 Å². The zero-order valence-electron chi connectivity index (χ0n) is 15.1. The lowest BCUT2D eigenvalue weighted by molar-refractivity contribution is 0.0664. The van der Waals surface area contributed by atoms with E-state index in [1.165, 1.54) is 18.4 Å². The smallest absolute Gasteiger partial charge is 0.267 e. The molecule has 2 amide bonds. The number of aromatic nitrogens is 1. The molecule has 1 fully saturated rings. The van der Waals surface area contributed by atoms with Gasteiger partial charge in [0.1, 0.15) is 10.6 Å². The summed E-state index contributed by atoms with van der Waals surface area (Å²) in [5.74, 6) is 0.216. The molecule has 1 saturated heterocycles. The molecule has 1 N–H and O–H groups in total. The van der Waals surface area contributed by atoms with Gasteiger partial charge in [0.15, 0.2) is 0 Å². The summed E-state index contributed by atoms with van der Waals surface area (Å²) in [6.45, 7) is 4.90. The first kappa shape index (κ1) is 18.3. The second-order valence-corrected chi connectivity index (χ2v) is 7.09. The number of hydrogen-bond acceptors (Lipinski definition) is 6. The second-order valence-electron chi connectivity index (χ2n) is 6.23. The van der Waals surface area contributed by atoms with E-state index in [4.69, 9.17) is 4.74 Å². The molecule has 1 aliphatic rings. The van der Waals surface area contributed by atoms with Crippen molar-refractivity contribution in [2.75, 3.05) is 45.7 Å². The molecule has 138 valence electrons. The van der Waals surface area contributed by atoms with Crippen LogP contribution >= 0.6 is 11.3 Å². The SMILES string of the molecule is COc1ccc(C(=O)N2CCN(C)CC2)cc1NC(=O)c1scnc1C. The number of anilines is 1. The number of amides is 2. The van der Waals surface area contributed by atoms with Gasteiger partial charge in [-0.15, -0.1) is 11.3 Å². The number of aryl methyl sites for hydroxylation is 1. The van der Waals surface area contributed by atoms with E-state index in [1.54, 1.807) is 30.6 Å². The van der Waals surface area contributed by atoms with E-state index in [0.29, 0.717) is 40.7 Å². The summed E-state index contributed by atoms with van der Waals surface area (Å²) in [4.78, 5) is 33.9. The van der Waals surface area contributed by atoms with Crippen LogP contribution in [0.2, 0.25) is 0 Å². The van der Waals surface area contributed by atoms with Crippen LogP contribution in [0.3, 0.4) is 0 Å². The summed E-state index contributed by atoms with van der Waals surface area (Å²) in [5.41, 5.74) is 3.32. The van der Waals surface area contributed by atoms with Crippen LogP contribution in [-0.4, -0.2) is 66.9 Å². The Morgan fingerprint density at radius 3 is 2.58 bits per heavy atom. The van der Waals surface area contributed by atoms with E-state index in [0.717, 1.165) is 13.1 Å². The van der Waals surface area contributed by atoms with Crippen LogP contribution in [-0.2, 0) is 0 Å². The molecule has 0 unspecified atom stereocenters. The Kier molecular flexibility index (Phi) is 5.53. The molecule has 2 heterocycles. The van der Waals surface area contributed by atoms with E-state index < -0.39 is 0 Å². The van der Waals surface area contributed by atoms with E-state index in [-0.39, 0.29) is 11.8 Å². The van der Waals surface area contributed by atoms with Gasteiger partial charge in [-0.3, -0.25) is 9.59 Å². The summed E-state index contributed by atoms with van der Waals surface area (Å²) < 4.78 is 5.33. The number of carbonyl (C=O) groups is 2. The highest BCUT2D eigenvalue weighted by Gasteiger charge is 2.22. The molecule has 8 heteroatoms. The molecule has 1 aromatic carbocycles. The van der Waals surface area contributed by atoms with Crippen molar-refractivity contribution in [3.8, 4) is 5.75 Å². The minimum atomic E-state index is -0.257. The Bertz CT molecular complexity index is 813. The van der Waals surface area contributed by atoms with Crippen molar-refractivity contribution < 1.29 is 14.3 Å². The van der Waals surface area contributed by atoms with E-state index in [2.05, 4.69) is 15.2 Å². The maximum atomic E-state index is 12.8. The molecule has 0 saturated carbocycles. The lowest BCUT2D eigenvalue weighted by Crippen LogP contribution is -2.47. The van der Waals surface area contributed by atoms with E-state index >= 15 is 0 Å². The number of ether oxygens (including phenoxy) is 1. The van der Waals surface area contributed by atoms with Gasteiger partial charge in [-0.25, -0.2) is 4.98 Å². The van der Waals surface area contributed by atoms with Gasteiger partial charge in [-0.1, -0.05) is 0 Å². The quantitative estimate of drug-likeness (QED) is 0.887. The highest BCUT2D eigenvalue weighted by Crippen LogP contribution is 2.27. The minimum absolute atomic E-state index is 0.0368. The largest absolute Gasteiger partial charge is 0.495 e. The number of hydrogen-bond donors (Lipinski definition) is 1. The topological polar surface area (TPSA) is 74.8 Å². The van der Waals surface area contributed by atoms with Crippen molar-refractivity contribution in [3.05, 3.63) is 39.8 Å². The maximum Gasteiger partial charge on any atom is 0.267 e. The Morgan fingerprint density at radius 2 is 1.96 bits per heavy atom. The maximum absolute atomic E-state index is 12.8. The number of likely N-dealkylation sites (N-methyl/N-ethyl adjacent to an activating group) is 1. The van der Waals surface area contributed by atoms with Crippen molar-refractivity contribution in [1.82, 2.24) is 14.8 Å². The fourth-order valence-electron chi connectivity index (χ4n) is 2.83. The number of carbonyl (C=O) groups excluding carboxylic acids is 2. The fraction of sp³-hybridized carbons (Fsp3) is 0.389. The van der Waals surface area contributed by atoms with Crippen molar-refractivity contribution in [3.63, 3.8) is 0 Å². The first-order valence-corrected chi connectivity index (χ1v) is 9.25. The van der Waals surface area contributed by atoms with Gasteiger partial charge in [0.05, 0.1) is 24.0 Å². The van der Waals surface area contributed by atoms with Crippen molar-refractivity contribution in [2.24, 2.45) is 0 Å². The molecule has 1 aromatic heterocycles. The average molecular weight is 374 g/mol. The molecule has 3 rings (SSSR count). The highest BCUT2D eigenvalue weighted by molar-refractivity contribution is 7.12. The number of thiazole rings is 1. The van der Waals surface area contributed by atoms with Crippen LogP contribution in [0.1, 0.15) is 25.7 Å². The number of nitrogens with one attached hydrogen (secondary N) is 1. The van der Waals surface area contributed by atoms with E-state index in [9.17, 15) is 9.59 Å². The van der Waals surface area contributed by atoms with Gasteiger partial charge >= 0.3 is 0 Å². The monoisotopic (exact) mass is 374 g/mol. The summed E-state index contributed by atoms with van der Waals surface area (Å²) in [6.07, 6.45) is 0. The van der Waals surface area contributed by atoms with Crippen LogP contribution in [0.4, 0.5) is 5.69 Å². The zero-order chi connectivity index (χ0) is 18.7. The van der Waals surface area contributed by atoms with Crippen molar-refractivity contribution in [1.29, 1.82) is 0 Å². The predicted molar refractivity (Wildman–Crippen MR) is 101 cm³/mol. The Labute approximate surface area is 156 Å². The van der Waals surface area contributed by atoms with Gasteiger partial charge in [0.2, 0.25) is 0 Å². The molecule has 26 heavy (non-hydrogen) atoms. The molecule has 0 spiro atoms. The second kappa shape index (κ2) is 7.84. The molecule has 7 nitrogen and oxygen atoms in total. The Morgan fingerprint density at radius 1 is 1.23 bits per heavy atom. The van der Waals surface area contributed by atoms with Crippen LogP contribution in [0, 0.1) is 6.92 Å². The van der Waals surface area contributed by atoms with Gasteiger partial charge < -0.3 is 19.9 Å². The van der Waals surface area contributed by atoms with Crippen LogP contribution in [0.15, 0.2) is 23.7 Å². The third kappa shape index (κ3) is 3.86. The Balaban J connectivity index is 1.81. The number of rotatable bonds is 4. The zero-order valence-corrected chi connectivity index (χ0v) is 15.9. The van der Waals surface area contributed by atoms with Gasteiger partial charge in [0, 0.05) is 31.7 Å². The third-order valence-corrected chi connectivity index (χ3v) is 5.36. The first-order chi connectivity index (χ1) is 12.5. The minimum Gasteiger partial charge on any atom is -0.495 e. The summed E-state index contributed by atoms with van der Waals surface area (Å²) in [7, 11) is 3.58. The summed E-state index contributed by atoms with van der Waals surface area (Å²) >= 11 is 1.28. The normalized spacial score (nSPS) is 15.0. The summed E-state index contributed by atoms with van der Waals surface area (Å²) in [6, 6.07) is 5.11. The fourth-order valence-corrected chi connectivity index (χ4v) is 3.53. The molecule has 1 aliphatic heterocycles. The molecule has 0 radical (unpaired) electrons. The lowest BCUT2D eigenvalue weighted by atomic mass is 10.1. The summed E-state index contributed by atoms with van der Waals surface area (Å²) in [5, 5.41) is 2.84.